The summed E-state index contributed by atoms with van der Waals surface area (Å²) >= 11 is 0. The van der Waals surface area contributed by atoms with Crippen LogP contribution in [0.5, 0.6) is 0 Å². The van der Waals surface area contributed by atoms with Crippen LogP contribution >= 0.6 is 0 Å². The van der Waals surface area contributed by atoms with Crippen LogP contribution in [0.25, 0.3) is 0 Å². The van der Waals surface area contributed by atoms with Crippen LogP contribution in [-0.2, 0) is 4.79 Å². The Bertz CT molecular complexity index is 365. The van der Waals surface area contributed by atoms with Crippen molar-refractivity contribution in [2.45, 2.75) is 6.92 Å². The van der Waals surface area contributed by atoms with E-state index in [2.05, 4.69) is 5.32 Å². The van der Waals surface area contributed by atoms with Gasteiger partial charge in [-0.2, -0.15) is 0 Å². The molecule has 0 aliphatic carbocycles. The summed E-state index contributed by atoms with van der Waals surface area (Å²) in [6.45, 7) is 2.54. The fourth-order valence-electron chi connectivity index (χ4n) is 1.67. The molecule has 0 heterocycles. The summed E-state index contributed by atoms with van der Waals surface area (Å²) in [7, 11) is 3.58. The molecule has 3 N–H and O–H groups in total. The molecule has 1 unspecified atom stereocenters. The molecule has 1 aromatic carbocycles. The van der Waals surface area contributed by atoms with Crippen LogP contribution in [0.2, 0.25) is 0 Å². The van der Waals surface area contributed by atoms with Crippen molar-refractivity contribution >= 4 is 17.3 Å². The smallest absolute Gasteiger partial charge is 0.224 e. The van der Waals surface area contributed by atoms with Gasteiger partial charge < -0.3 is 16.0 Å². The minimum atomic E-state index is -0.0605. The van der Waals surface area contributed by atoms with E-state index in [1.165, 1.54) is 0 Å². The van der Waals surface area contributed by atoms with E-state index in [0.717, 1.165) is 11.4 Å². The van der Waals surface area contributed by atoms with E-state index in [9.17, 15) is 4.79 Å². The predicted octanol–water partition coefficient (Wildman–Crippen LogP) is 1.09. The summed E-state index contributed by atoms with van der Waals surface area (Å²) in [4.78, 5) is 13.4. The molecule has 1 aromatic rings. The number of carbonyl (C=O) groups is 1. The number of nitrogens with zero attached hydrogens (tertiary/aromatic N) is 1. The highest BCUT2D eigenvalue weighted by atomic mass is 16.1. The number of hydrogen-bond acceptors (Lipinski definition) is 3. The first kappa shape index (κ1) is 12.4. The number of carbonyl (C=O) groups excluding carboxylic acids is 1. The van der Waals surface area contributed by atoms with E-state index in [4.69, 9.17) is 5.73 Å². The van der Waals surface area contributed by atoms with Crippen molar-refractivity contribution in [3.05, 3.63) is 24.3 Å². The third kappa shape index (κ3) is 2.89. The van der Waals surface area contributed by atoms with E-state index >= 15 is 0 Å². The summed E-state index contributed by atoms with van der Waals surface area (Å²) in [5.41, 5.74) is 7.55. The molecule has 0 aliphatic heterocycles. The first-order valence-electron chi connectivity index (χ1n) is 5.33. The molecule has 4 heteroatoms. The summed E-state index contributed by atoms with van der Waals surface area (Å²) in [5, 5.41) is 2.64. The molecule has 0 fully saturated rings. The number of nitrogens with one attached hydrogen (secondary N) is 1. The molecule has 0 aliphatic rings. The van der Waals surface area contributed by atoms with Crippen molar-refractivity contribution in [1.29, 1.82) is 0 Å². The lowest BCUT2D eigenvalue weighted by molar-refractivity contribution is -0.123. The molecular weight excluding hydrogens is 202 g/mol. The lowest BCUT2D eigenvalue weighted by Crippen LogP contribution is -2.34. The van der Waals surface area contributed by atoms with Crippen LogP contribution in [0.15, 0.2) is 24.3 Å². The van der Waals surface area contributed by atoms with Crippen LogP contribution in [-0.4, -0.2) is 26.5 Å². The predicted molar refractivity (Wildman–Crippen MR) is 67.4 cm³/mol. The van der Waals surface area contributed by atoms with Gasteiger partial charge in [-0.05, 0) is 12.1 Å². The van der Waals surface area contributed by atoms with Crippen molar-refractivity contribution in [2.24, 2.45) is 5.92 Å². The van der Waals surface area contributed by atoms with Gasteiger partial charge in [0.25, 0.3) is 0 Å². The number of para-hydroxylation sites is 2. The third-order valence-electron chi connectivity index (χ3n) is 2.59. The van der Waals surface area contributed by atoms with Gasteiger partial charge in [0, 0.05) is 20.6 Å². The van der Waals surface area contributed by atoms with Gasteiger partial charge in [0.05, 0.1) is 17.3 Å². The number of nitrogen functional groups attached to an aromatic ring is 1. The fraction of sp³-hybridized carbons (Fsp3) is 0.417. The van der Waals surface area contributed by atoms with E-state index in [1.807, 2.05) is 43.1 Å². The van der Waals surface area contributed by atoms with Gasteiger partial charge in [-0.1, -0.05) is 19.1 Å². The molecule has 0 aromatic heterocycles. The summed E-state index contributed by atoms with van der Waals surface area (Å²) in [6, 6.07) is 7.64. The number of benzene rings is 1. The number of amides is 1. The average Bonchev–Trinajstić information content (AvgIpc) is 2.28. The van der Waals surface area contributed by atoms with Crippen LogP contribution in [0.4, 0.5) is 11.4 Å². The number of hydrogen-bond donors (Lipinski definition) is 2. The van der Waals surface area contributed by atoms with Gasteiger partial charge in [-0.15, -0.1) is 0 Å². The topological polar surface area (TPSA) is 58.4 Å². The molecule has 0 saturated carbocycles. The van der Waals surface area contributed by atoms with Gasteiger partial charge >= 0.3 is 0 Å². The van der Waals surface area contributed by atoms with Gasteiger partial charge in [0.15, 0.2) is 0 Å². The van der Waals surface area contributed by atoms with E-state index in [-0.39, 0.29) is 11.8 Å². The molecule has 0 bridgehead atoms. The lowest BCUT2D eigenvalue weighted by Gasteiger charge is -2.23. The largest absolute Gasteiger partial charge is 0.397 e. The molecule has 0 radical (unpaired) electrons. The van der Waals surface area contributed by atoms with Gasteiger partial charge in [-0.25, -0.2) is 0 Å². The first-order valence-corrected chi connectivity index (χ1v) is 5.33. The molecule has 0 spiro atoms. The van der Waals surface area contributed by atoms with E-state index < -0.39 is 0 Å². The SMILES string of the molecule is CNC(=O)C(C)CN(C)c1ccccc1N. The molecule has 4 nitrogen and oxygen atoms in total. The Labute approximate surface area is 96.4 Å². The molecular formula is C12H19N3O. The molecule has 0 saturated heterocycles. The standard InChI is InChI=1S/C12H19N3O/c1-9(12(16)14-2)8-15(3)11-7-5-4-6-10(11)13/h4-7,9H,8,13H2,1-3H3,(H,14,16). The van der Waals surface area contributed by atoms with Gasteiger partial charge in [0.1, 0.15) is 0 Å². The zero-order valence-electron chi connectivity index (χ0n) is 10.0. The molecule has 1 rings (SSSR count). The Morgan fingerprint density at radius 3 is 2.69 bits per heavy atom. The van der Waals surface area contributed by atoms with Crippen LogP contribution in [0, 0.1) is 5.92 Å². The maximum absolute atomic E-state index is 11.4. The van der Waals surface area contributed by atoms with E-state index in [1.54, 1.807) is 7.05 Å². The number of anilines is 2. The van der Waals surface area contributed by atoms with Crippen LogP contribution < -0.4 is 16.0 Å². The Morgan fingerprint density at radius 2 is 2.12 bits per heavy atom. The van der Waals surface area contributed by atoms with E-state index in [0.29, 0.717) is 6.54 Å². The molecule has 88 valence electrons. The van der Waals surface area contributed by atoms with Gasteiger partial charge in [0.2, 0.25) is 5.91 Å². The maximum atomic E-state index is 11.4. The minimum absolute atomic E-state index is 0.0429. The molecule has 1 atom stereocenters. The second-order valence-electron chi connectivity index (χ2n) is 3.95. The highest BCUT2D eigenvalue weighted by Gasteiger charge is 2.14. The average molecular weight is 221 g/mol. The maximum Gasteiger partial charge on any atom is 0.224 e. The monoisotopic (exact) mass is 221 g/mol. The summed E-state index contributed by atoms with van der Waals surface area (Å²) in [5.74, 6) is -0.0176. The highest BCUT2D eigenvalue weighted by Crippen LogP contribution is 2.21. The number of nitrogens with two attached hydrogens (primary N) is 1. The second kappa shape index (κ2) is 5.39. The van der Waals surface area contributed by atoms with Crippen molar-refractivity contribution in [3.8, 4) is 0 Å². The Hall–Kier alpha value is -1.71. The van der Waals surface area contributed by atoms with Crippen LogP contribution in [0.3, 0.4) is 0 Å². The minimum Gasteiger partial charge on any atom is -0.397 e. The zero-order chi connectivity index (χ0) is 12.1. The zero-order valence-corrected chi connectivity index (χ0v) is 10.0. The molecule has 1 amide bonds. The van der Waals surface area contributed by atoms with Gasteiger partial charge in [-0.3, -0.25) is 4.79 Å². The van der Waals surface area contributed by atoms with Crippen molar-refractivity contribution in [2.75, 3.05) is 31.3 Å². The van der Waals surface area contributed by atoms with Crippen LogP contribution in [0.1, 0.15) is 6.92 Å². The fourth-order valence-corrected chi connectivity index (χ4v) is 1.67. The number of rotatable bonds is 4. The second-order valence-corrected chi connectivity index (χ2v) is 3.95. The van der Waals surface area contributed by atoms with Crippen molar-refractivity contribution in [1.82, 2.24) is 5.32 Å². The third-order valence-corrected chi connectivity index (χ3v) is 2.59. The van der Waals surface area contributed by atoms with Crippen molar-refractivity contribution < 1.29 is 4.79 Å². The first-order chi connectivity index (χ1) is 7.56. The van der Waals surface area contributed by atoms with Crippen molar-refractivity contribution in [3.63, 3.8) is 0 Å². The Morgan fingerprint density at radius 1 is 1.50 bits per heavy atom. The Kier molecular flexibility index (Phi) is 4.17. The summed E-state index contributed by atoms with van der Waals surface area (Å²) < 4.78 is 0. The highest BCUT2D eigenvalue weighted by molar-refractivity contribution is 5.79. The quantitative estimate of drug-likeness (QED) is 0.748. The molecule has 16 heavy (non-hydrogen) atoms. The Balaban J connectivity index is 2.69. The normalized spacial score (nSPS) is 11.9. The lowest BCUT2D eigenvalue weighted by atomic mass is 10.1. The summed E-state index contributed by atoms with van der Waals surface area (Å²) in [6.07, 6.45) is 0.